The smallest absolute Gasteiger partial charge is 0.0762 e. The van der Waals surface area contributed by atoms with Gasteiger partial charge in [-0.2, -0.15) is 5.10 Å². The molecule has 2 unspecified atom stereocenters. The normalized spacial score (nSPS) is 30.5. The summed E-state index contributed by atoms with van der Waals surface area (Å²) in [6, 6.07) is 2.88. The fourth-order valence-corrected chi connectivity index (χ4v) is 3.89. The fraction of sp³-hybridized carbons (Fsp3) is 0.800. The van der Waals surface area contributed by atoms with E-state index in [-0.39, 0.29) is 0 Å². The summed E-state index contributed by atoms with van der Waals surface area (Å²) >= 11 is 0. The summed E-state index contributed by atoms with van der Waals surface area (Å²) in [6.45, 7) is 6.34. The predicted octanol–water partition coefficient (Wildman–Crippen LogP) is 1.91. The third kappa shape index (κ3) is 2.70. The van der Waals surface area contributed by atoms with Crippen LogP contribution in [0.15, 0.2) is 12.3 Å². The van der Waals surface area contributed by atoms with Crippen molar-refractivity contribution in [2.24, 2.45) is 5.41 Å². The Hall–Kier alpha value is -0.870. The molecule has 1 aliphatic carbocycles. The lowest BCUT2D eigenvalue weighted by molar-refractivity contribution is 0.160. The molecule has 1 aliphatic heterocycles. The number of aromatic nitrogens is 2. The van der Waals surface area contributed by atoms with Gasteiger partial charge in [0.2, 0.25) is 0 Å². The van der Waals surface area contributed by atoms with Crippen molar-refractivity contribution in [2.75, 3.05) is 13.1 Å². The summed E-state index contributed by atoms with van der Waals surface area (Å²) in [5.74, 6) is 0. The summed E-state index contributed by atoms with van der Waals surface area (Å²) in [4.78, 5) is 0. The molecule has 4 heteroatoms. The van der Waals surface area contributed by atoms with Crippen LogP contribution in [0.4, 0.5) is 0 Å². The second-order valence-electron chi connectivity index (χ2n) is 6.13. The molecule has 2 N–H and O–H groups in total. The van der Waals surface area contributed by atoms with E-state index in [1.165, 1.54) is 38.6 Å². The second kappa shape index (κ2) is 5.63. The van der Waals surface area contributed by atoms with E-state index in [1.807, 2.05) is 4.68 Å². The van der Waals surface area contributed by atoms with Crippen LogP contribution in [0.1, 0.15) is 44.7 Å². The number of piperidine rings is 1. The van der Waals surface area contributed by atoms with E-state index in [9.17, 15) is 0 Å². The molecule has 0 aromatic carbocycles. The van der Waals surface area contributed by atoms with Gasteiger partial charge in [-0.05, 0) is 50.6 Å². The molecular weight excluding hydrogens is 236 g/mol. The third-order valence-electron chi connectivity index (χ3n) is 4.95. The minimum atomic E-state index is 0.519. The Balaban J connectivity index is 1.53. The van der Waals surface area contributed by atoms with Gasteiger partial charge in [0.25, 0.3) is 0 Å². The summed E-state index contributed by atoms with van der Waals surface area (Å²) in [5.41, 5.74) is 1.68. The zero-order valence-electron chi connectivity index (χ0n) is 12.0. The lowest BCUT2D eigenvalue weighted by Crippen LogP contribution is -2.51. The van der Waals surface area contributed by atoms with Crippen molar-refractivity contribution in [2.45, 2.75) is 58.2 Å². The topological polar surface area (TPSA) is 41.9 Å². The summed E-state index contributed by atoms with van der Waals surface area (Å²) in [7, 11) is 0. The van der Waals surface area contributed by atoms with Gasteiger partial charge < -0.3 is 10.6 Å². The molecule has 0 spiro atoms. The molecule has 0 radical (unpaired) electrons. The van der Waals surface area contributed by atoms with E-state index >= 15 is 0 Å². The van der Waals surface area contributed by atoms with Gasteiger partial charge in [-0.1, -0.05) is 6.42 Å². The lowest BCUT2D eigenvalue weighted by Gasteiger charge is -2.40. The highest BCUT2D eigenvalue weighted by Crippen LogP contribution is 2.43. The van der Waals surface area contributed by atoms with Crippen molar-refractivity contribution in [1.82, 2.24) is 20.4 Å². The summed E-state index contributed by atoms with van der Waals surface area (Å²) < 4.78 is 2.00. The summed E-state index contributed by atoms with van der Waals surface area (Å²) in [5, 5.41) is 11.9. The van der Waals surface area contributed by atoms with E-state index in [4.69, 9.17) is 0 Å². The van der Waals surface area contributed by atoms with Crippen LogP contribution in [0.5, 0.6) is 0 Å². The zero-order valence-corrected chi connectivity index (χ0v) is 12.0. The summed E-state index contributed by atoms with van der Waals surface area (Å²) in [6.07, 6.45) is 8.94. The molecule has 2 atom stereocenters. The van der Waals surface area contributed by atoms with E-state index < -0.39 is 0 Å². The highest BCUT2D eigenvalue weighted by atomic mass is 15.3. The maximum atomic E-state index is 4.53. The maximum Gasteiger partial charge on any atom is 0.0762 e. The first-order valence-corrected chi connectivity index (χ1v) is 7.79. The first kappa shape index (κ1) is 13.1. The fourth-order valence-electron chi connectivity index (χ4n) is 3.89. The van der Waals surface area contributed by atoms with Gasteiger partial charge in [-0.25, -0.2) is 0 Å². The van der Waals surface area contributed by atoms with Gasteiger partial charge in [0.05, 0.1) is 5.69 Å². The SMILES string of the molecule is CCn1ccc(CNCC23CCCNC2CCC3)n1. The molecule has 3 rings (SSSR count). The van der Waals surface area contributed by atoms with Crippen molar-refractivity contribution in [3.05, 3.63) is 18.0 Å². The van der Waals surface area contributed by atoms with Crippen molar-refractivity contribution in [1.29, 1.82) is 0 Å². The molecule has 1 saturated carbocycles. The average Bonchev–Trinajstić information content (AvgIpc) is 3.05. The van der Waals surface area contributed by atoms with Crippen molar-refractivity contribution in [3.63, 3.8) is 0 Å². The molecule has 2 heterocycles. The Morgan fingerprint density at radius 2 is 2.37 bits per heavy atom. The molecule has 2 fully saturated rings. The number of rotatable bonds is 5. The predicted molar refractivity (Wildman–Crippen MR) is 76.9 cm³/mol. The van der Waals surface area contributed by atoms with Gasteiger partial charge in [0.1, 0.15) is 0 Å². The quantitative estimate of drug-likeness (QED) is 0.852. The number of nitrogens with one attached hydrogen (secondary N) is 2. The van der Waals surface area contributed by atoms with Gasteiger partial charge >= 0.3 is 0 Å². The number of fused-ring (bicyclic) bond motifs is 1. The first-order valence-electron chi connectivity index (χ1n) is 7.79. The van der Waals surface area contributed by atoms with Crippen LogP contribution in [0.2, 0.25) is 0 Å². The third-order valence-corrected chi connectivity index (χ3v) is 4.95. The van der Waals surface area contributed by atoms with Crippen LogP contribution in [0, 0.1) is 5.41 Å². The molecule has 2 aliphatic rings. The van der Waals surface area contributed by atoms with Crippen LogP contribution < -0.4 is 10.6 Å². The Morgan fingerprint density at radius 1 is 1.47 bits per heavy atom. The van der Waals surface area contributed by atoms with Crippen molar-refractivity contribution < 1.29 is 0 Å². The number of hydrogen-bond acceptors (Lipinski definition) is 3. The standard InChI is InChI=1S/C15H26N4/c1-2-19-10-6-13(18-19)11-16-12-15-7-3-5-14(15)17-9-4-8-15/h6,10,14,16-17H,2-5,7-9,11-12H2,1H3. The van der Waals surface area contributed by atoms with E-state index in [0.717, 1.165) is 31.4 Å². The Kier molecular flexibility index (Phi) is 3.89. The molecule has 106 valence electrons. The van der Waals surface area contributed by atoms with Crippen LogP contribution in [0.3, 0.4) is 0 Å². The van der Waals surface area contributed by atoms with Crippen molar-refractivity contribution >= 4 is 0 Å². The van der Waals surface area contributed by atoms with Crippen LogP contribution >= 0.6 is 0 Å². The highest BCUT2D eigenvalue weighted by molar-refractivity contribution is 5.02. The van der Waals surface area contributed by atoms with Gasteiger partial charge in [0.15, 0.2) is 0 Å². The minimum Gasteiger partial charge on any atom is -0.313 e. The molecule has 1 aromatic rings. The lowest BCUT2D eigenvalue weighted by atomic mass is 9.76. The molecule has 19 heavy (non-hydrogen) atoms. The highest BCUT2D eigenvalue weighted by Gasteiger charge is 2.43. The van der Waals surface area contributed by atoms with Crippen molar-refractivity contribution in [3.8, 4) is 0 Å². The molecule has 0 amide bonds. The zero-order chi connectivity index (χ0) is 13.1. The molecule has 4 nitrogen and oxygen atoms in total. The Bertz CT molecular complexity index is 414. The average molecular weight is 262 g/mol. The number of nitrogens with zero attached hydrogens (tertiary/aromatic N) is 2. The number of hydrogen-bond donors (Lipinski definition) is 2. The van der Waals surface area contributed by atoms with E-state index in [1.54, 1.807) is 0 Å². The van der Waals surface area contributed by atoms with Crippen LogP contribution in [0.25, 0.3) is 0 Å². The van der Waals surface area contributed by atoms with Gasteiger partial charge in [-0.15, -0.1) is 0 Å². The molecule has 0 bridgehead atoms. The van der Waals surface area contributed by atoms with Crippen LogP contribution in [-0.2, 0) is 13.1 Å². The van der Waals surface area contributed by atoms with E-state index in [0.29, 0.717) is 5.41 Å². The second-order valence-corrected chi connectivity index (χ2v) is 6.13. The molecular formula is C15H26N4. The van der Waals surface area contributed by atoms with Gasteiger partial charge in [-0.3, -0.25) is 4.68 Å². The minimum absolute atomic E-state index is 0.519. The Labute approximate surface area is 116 Å². The molecule has 1 saturated heterocycles. The van der Waals surface area contributed by atoms with Gasteiger partial charge in [0, 0.05) is 31.9 Å². The van der Waals surface area contributed by atoms with Crippen LogP contribution in [-0.4, -0.2) is 28.9 Å². The molecule has 1 aromatic heterocycles. The Morgan fingerprint density at radius 3 is 3.21 bits per heavy atom. The number of aryl methyl sites for hydroxylation is 1. The maximum absolute atomic E-state index is 4.53. The monoisotopic (exact) mass is 262 g/mol. The van der Waals surface area contributed by atoms with E-state index in [2.05, 4.69) is 34.9 Å². The largest absolute Gasteiger partial charge is 0.313 e. The first-order chi connectivity index (χ1) is 9.32.